The van der Waals surface area contributed by atoms with Crippen molar-refractivity contribution < 1.29 is 24.0 Å². The molecular weight excluding hydrogens is 792 g/mol. The van der Waals surface area contributed by atoms with E-state index < -0.39 is 23.8 Å². The van der Waals surface area contributed by atoms with E-state index in [1.807, 2.05) is 35.2 Å². The molecule has 316 valence electrons. The molecule has 61 heavy (non-hydrogen) atoms. The third kappa shape index (κ3) is 7.41. The number of carbonyl (C=O) groups is 5. The molecule has 3 aromatic rings. The first kappa shape index (κ1) is 39.7. The standard InChI is InChI=1S/C47H51ClN8O5/c1-49-40-9-7-36(23-39(40)48)54-21-16-47(29-54)14-19-53(20-15-47)44(59)31-2-4-34(5-3-31)55-27-32-25-51(26-33(32)28-55)24-30-12-17-52(18-13-30)35-6-8-37-38(22-35)46(61)56(45(37)60)41-10-11-42(57)50-43(41)58/h2-9,22-23,30,32-33,41H,10-21,24-29H2,(H,50,57,58). The van der Waals surface area contributed by atoms with Crippen LogP contribution in [0.5, 0.6) is 0 Å². The zero-order chi connectivity index (χ0) is 42.0. The van der Waals surface area contributed by atoms with Gasteiger partial charge >= 0.3 is 0 Å². The number of imide groups is 2. The van der Waals surface area contributed by atoms with Gasteiger partial charge < -0.3 is 24.5 Å². The van der Waals surface area contributed by atoms with E-state index in [0.717, 1.165) is 126 Å². The topological polar surface area (TPSA) is 121 Å². The van der Waals surface area contributed by atoms with Crippen molar-refractivity contribution in [1.82, 2.24) is 20.0 Å². The van der Waals surface area contributed by atoms with E-state index >= 15 is 0 Å². The Morgan fingerprint density at radius 2 is 1.39 bits per heavy atom. The molecular formula is C47H51ClN8O5. The second-order valence-electron chi connectivity index (χ2n) is 18.5. The molecule has 7 aliphatic heterocycles. The van der Waals surface area contributed by atoms with Gasteiger partial charge in [0.1, 0.15) is 6.04 Å². The quantitative estimate of drug-likeness (QED) is 0.236. The van der Waals surface area contributed by atoms with Crippen LogP contribution in [0.2, 0.25) is 5.02 Å². The number of nitrogens with one attached hydrogen (secondary N) is 1. The summed E-state index contributed by atoms with van der Waals surface area (Å²) < 4.78 is 0. The molecule has 0 bridgehead atoms. The maximum atomic E-state index is 13.6. The van der Waals surface area contributed by atoms with Gasteiger partial charge in [0.05, 0.1) is 17.7 Å². The highest BCUT2D eigenvalue weighted by atomic mass is 35.5. The molecule has 0 saturated carbocycles. The van der Waals surface area contributed by atoms with Crippen molar-refractivity contribution >= 4 is 63.9 Å². The highest BCUT2D eigenvalue weighted by Crippen LogP contribution is 2.43. The van der Waals surface area contributed by atoms with Crippen LogP contribution in [0.3, 0.4) is 0 Å². The van der Waals surface area contributed by atoms with E-state index in [4.69, 9.17) is 18.2 Å². The molecule has 1 spiro atoms. The minimum Gasteiger partial charge on any atom is -0.371 e. The Morgan fingerprint density at radius 3 is 2.08 bits per heavy atom. The predicted octanol–water partition coefficient (Wildman–Crippen LogP) is 5.71. The number of rotatable bonds is 7. The van der Waals surface area contributed by atoms with Gasteiger partial charge in [-0.2, -0.15) is 0 Å². The summed E-state index contributed by atoms with van der Waals surface area (Å²) in [6.07, 6.45) is 5.45. The van der Waals surface area contributed by atoms with Crippen LogP contribution in [0, 0.1) is 29.7 Å². The first-order valence-corrected chi connectivity index (χ1v) is 22.3. The lowest BCUT2D eigenvalue weighted by atomic mass is 9.77. The van der Waals surface area contributed by atoms with Crippen molar-refractivity contribution in [2.24, 2.45) is 23.2 Å². The van der Waals surface area contributed by atoms with Gasteiger partial charge in [0, 0.05) is 106 Å². The van der Waals surface area contributed by atoms with Crippen LogP contribution in [0.1, 0.15) is 76.0 Å². The lowest BCUT2D eigenvalue weighted by molar-refractivity contribution is -0.136. The van der Waals surface area contributed by atoms with E-state index in [0.29, 0.717) is 39.6 Å². The molecule has 6 saturated heterocycles. The lowest BCUT2D eigenvalue weighted by Crippen LogP contribution is -2.54. The number of amides is 5. The molecule has 1 N–H and O–H groups in total. The van der Waals surface area contributed by atoms with Crippen molar-refractivity contribution in [3.63, 3.8) is 0 Å². The number of nitrogens with zero attached hydrogens (tertiary/aromatic N) is 7. The highest BCUT2D eigenvalue weighted by Gasteiger charge is 2.46. The number of halogens is 1. The fourth-order valence-electron chi connectivity index (χ4n) is 11.4. The molecule has 3 atom stereocenters. The van der Waals surface area contributed by atoms with Gasteiger partial charge in [-0.25, -0.2) is 4.85 Å². The number of benzene rings is 3. The van der Waals surface area contributed by atoms with Gasteiger partial charge in [-0.15, -0.1) is 0 Å². The van der Waals surface area contributed by atoms with Crippen molar-refractivity contribution in [2.75, 3.05) is 86.7 Å². The largest absolute Gasteiger partial charge is 0.371 e. The molecule has 7 aliphatic rings. The van der Waals surface area contributed by atoms with Crippen LogP contribution in [-0.2, 0) is 9.59 Å². The Morgan fingerprint density at radius 1 is 0.738 bits per heavy atom. The number of piperidine rings is 3. The summed E-state index contributed by atoms with van der Waals surface area (Å²) in [5, 5.41) is 2.76. The summed E-state index contributed by atoms with van der Waals surface area (Å²) in [5.41, 5.74) is 5.27. The molecule has 14 heteroatoms. The summed E-state index contributed by atoms with van der Waals surface area (Å²) in [6.45, 7) is 17.9. The second-order valence-corrected chi connectivity index (χ2v) is 18.9. The minimum atomic E-state index is -0.961. The third-order valence-corrected chi connectivity index (χ3v) is 15.2. The number of hydrogen-bond donors (Lipinski definition) is 1. The molecule has 3 unspecified atom stereocenters. The molecule has 0 radical (unpaired) electrons. The molecule has 5 amide bonds. The molecule has 7 heterocycles. The maximum Gasteiger partial charge on any atom is 0.262 e. The van der Waals surface area contributed by atoms with Crippen molar-refractivity contribution in [1.29, 1.82) is 0 Å². The first-order chi connectivity index (χ1) is 29.5. The molecule has 0 aromatic heterocycles. The number of fused-ring (bicyclic) bond motifs is 2. The van der Waals surface area contributed by atoms with Gasteiger partial charge in [-0.1, -0.05) is 17.7 Å². The van der Waals surface area contributed by atoms with Crippen LogP contribution >= 0.6 is 11.6 Å². The molecule has 13 nitrogen and oxygen atoms in total. The number of anilines is 3. The summed E-state index contributed by atoms with van der Waals surface area (Å²) in [5.74, 6) is 0.0693. The number of hydrogen-bond acceptors (Lipinski definition) is 9. The summed E-state index contributed by atoms with van der Waals surface area (Å²) in [7, 11) is 0. The fraction of sp³-hybridized carbons (Fsp3) is 0.489. The Kier molecular flexibility index (Phi) is 10.3. The molecule has 6 fully saturated rings. The zero-order valence-corrected chi connectivity index (χ0v) is 35.1. The van der Waals surface area contributed by atoms with Gasteiger partial charge in [0.15, 0.2) is 0 Å². The van der Waals surface area contributed by atoms with Crippen molar-refractivity contribution in [3.8, 4) is 0 Å². The van der Waals surface area contributed by atoms with Gasteiger partial charge in [-0.3, -0.25) is 34.2 Å². The second kappa shape index (κ2) is 15.8. The van der Waals surface area contributed by atoms with Crippen LogP contribution in [0.15, 0.2) is 60.7 Å². The predicted molar refractivity (Wildman–Crippen MR) is 232 cm³/mol. The van der Waals surface area contributed by atoms with E-state index in [-0.39, 0.29) is 30.1 Å². The fourth-order valence-corrected chi connectivity index (χ4v) is 11.6. The zero-order valence-electron chi connectivity index (χ0n) is 34.4. The van der Waals surface area contributed by atoms with Crippen molar-refractivity contribution in [3.05, 3.63) is 93.8 Å². The Bertz CT molecular complexity index is 2320. The van der Waals surface area contributed by atoms with E-state index in [9.17, 15) is 24.0 Å². The minimum absolute atomic E-state index is 0.101. The first-order valence-electron chi connectivity index (χ1n) is 21.9. The smallest absolute Gasteiger partial charge is 0.262 e. The van der Waals surface area contributed by atoms with Crippen LogP contribution in [0.25, 0.3) is 4.85 Å². The maximum absolute atomic E-state index is 13.6. The Balaban J connectivity index is 0.667. The average molecular weight is 843 g/mol. The van der Waals surface area contributed by atoms with Crippen LogP contribution < -0.4 is 20.0 Å². The molecule has 0 aliphatic carbocycles. The summed E-state index contributed by atoms with van der Waals surface area (Å²) in [4.78, 5) is 80.6. The van der Waals surface area contributed by atoms with E-state index in [1.54, 1.807) is 18.2 Å². The molecule has 10 rings (SSSR count). The monoisotopic (exact) mass is 842 g/mol. The van der Waals surface area contributed by atoms with E-state index in [1.165, 1.54) is 5.69 Å². The van der Waals surface area contributed by atoms with Crippen LogP contribution in [0.4, 0.5) is 22.7 Å². The van der Waals surface area contributed by atoms with Gasteiger partial charge in [-0.05, 0) is 116 Å². The van der Waals surface area contributed by atoms with E-state index in [2.05, 4.69) is 41.9 Å². The highest BCUT2D eigenvalue weighted by molar-refractivity contribution is 6.33. The average Bonchev–Trinajstić information content (AvgIpc) is 4.03. The van der Waals surface area contributed by atoms with Crippen molar-refractivity contribution in [2.45, 2.75) is 51.0 Å². The normalized spacial score (nSPS) is 25.4. The van der Waals surface area contributed by atoms with Crippen LogP contribution in [-0.4, -0.2) is 122 Å². The summed E-state index contributed by atoms with van der Waals surface area (Å²) in [6, 6.07) is 18.5. The third-order valence-electron chi connectivity index (χ3n) is 14.9. The van der Waals surface area contributed by atoms with Gasteiger partial charge in [0.25, 0.3) is 17.7 Å². The number of carbonyl (C=O) groups excluding carboxylic acids is 5. The lowest BCUT2D eigenvalue weighted by Gasteiger charge is -2.39. The summed E-state index contributed by atoms with van der Waals surface area (Å²) >= 11 is 6.34. The molecule has 3 aromatic carbocycles. The number of likely N-dealkylation sites (tertiary alicyclic amines) is 2. The Hall–Kier alpha value is -5.45. The van der Waals surface area contributed by atoms with Gasteiger partial charge in [0.2, 0.25) is 17.5 Å². The Labute approximate surface area is 361 Å². The SMILES string of the molecule is [C-]#[N+]c1ccc(N2CCC3(CCN(C(=O)c4ccc(N5CC6CN(CC7CCN(c8ccc9c(c8)C(=O)N(C8CCC(=O)NC8=O)C9=O)CC7)CC6C5)cc4)CC3)C2)cc1Cl.